The molecule has 0 aliphatic carbocycles. The summed E-state index contributed by atoms with van der Waals surface area (Å²) in [6.07, 6.45) is 6.08. The molecule has 0 spiro atoms. The number of fused-ring (bicyclic) bond motifs is 7. The molecule has 9 rings (SSSR count). The lowest BCUT2D eigenvalue weighted by Crippen LogP contribution is -2.23. The number of nitrogens with one attached hydrogen (secondary N) is 1. The van der Waals surface area contributed by atoms with E-state index >= 15 is 0 Å². The van der Waals surface area contributed by atoms with Crippen LogP contribution in [0.1, 0.15) is 11.1 Å². The van der Waals surface area contributed by atoms with Gasteiger partial charge in [0.25, 0.3) is 0 Å². The molecule has 1 N–H and O–H groups in total. The van der Waals surface area contributed by atoms with E-state index in [1.54, 1.807) is 0 Å². The Morgan fingerprint density at radius 2 is 1.32 bits per heavy atom. The Kier molecular flexibility index (Phi) is 5.53. The average molecular weight is 565 g/mol. The van der Waals surface area contributed by atoms with Gasteiger partial charge in [-0.3, -0.25) is 4.98 Å². The van der Waals surface area contributed by atoms with Gasteiger partial charge in [-0.25, -0.2) is 0 Å². The average Bonchev–Trinajstić information content (AvgIpc) is 3.48. The maximum Gasteiger partial charge on any atom is 0.120 e. The third-order valence-electron chi connectivity index (χ3n) is 8.93. The van der Waals surface area contributed by atoms with Gasteiger partial charge in [0.15, 0.2) is 0 Å². The van der Waals surface area contributed by atoms with Crippen molar-refractivity contribution in [3.8, 4) is 27.9 Å². The van der Waals surface area contributed by atoms with Gasteiger partial charge >= 0.3 is 0 Å². The molecular formula is C40H28N4. The minimum absolute atomic E-state index is 0.711. The van der Waals surface area contributed by atoms with Crippen molar-refractivity contribution in [1.29, 1.82) is 0 Å². The number of nitrogens with zero attached hydrogens (tertiary/aromatic N) is 3. The van der Waals surface area contributed by atoms with Crippen LogP contribution in [0.2, 0.25) is 0 Å². The standard InChI is InChI=1S/C40H28N4/c1-2-11-30(12-3-1)44-38-21-23-41-25-36(38)33-14-6-7-15-34(33)37-26-42-40-35(39(37)44)22-24-43(40)29-19-17-28(18-20-29)32-16-8-10-27-9-4-5-13-31(27)32/h1-25,42H,26H2. The molecule has 7 aromatic rings. The third-order valence-corrected chi connectivity index (χ3v) is 8.93. The van der Waals surface area contributed by atoms with Crippen LogP contribution in [-0.4, -0.2) is 16.1 Å². The zero-order chi connectivity index (χ0) is 29.0. The van der Waals surface area contributed by atoms with Crippen LogP contribution in [0.5, 0.6) is 0 Å². The van der Waals surface area contributed by atoms with Gasteiger partial charge in [-0.15, -0.1) is 0 Å². The molecule has 0 amide bonds. The van der Waals surface area contributed by atoms with Crippen LogP contribution in [0.15, 0.2) is 152 Å². The van der Waals surface area contributed by atoms with Crippen LogP contribution in [0, 0.1) is 0 Å². The lowest BCUT2D eigenvalue weighted by Gasteiger charge is -2.33. The number of benzene rings is 5. The molecule has 4 heteroatoms. The first-order valence-corrected chi connectivity index (χ1v) is 15.0. The first kappa shape index (κ1) is 24.7. The quantitative estimate of drug-likeness (QED) is 0.232. The summed E-state index contributed by atoms with van der Waals surface area (Å²) in [4.78, 5) is 6.97. The number of pyridine rings is 1. The number of hydrogen-bond acceptors (Lipinski definition) is 3. The molecule has 4 nitrogen and oxygen atoms in total. The van der Waals surface area contributed by atoms with Crippen LogP contribution in [0.4, 0.5) is 17.2 Å². The van der Waals surface area contributed by atoms with E-state index in [1.807, 2.05) is 12.4 Å². The lowest BCUT2D eigenvalue weighted by atomic mass is 9.92. The van der Waals surface area contributed by atoms with E-state index in [4.69, 9.17) is 0 Å². The van der Waals surface area contributed by atoms with E-state index in [0.717, 1.165) is 28.4 Å². The summed E-state index contributed by atoms with van der Waals surface area (Å²) >= 11 is 0. The van der Waals surface area contributed by atoms with Crippen LogP contribution >= 0.6 is 0 Å². The molecule has 0 atom stereocenters. The van der Waals surface area contributed by atoms with Gasteiger partial charge in [-0.1, -0.05) is 97.1 Å². The van der Waals surface area contributed by atoms with E-state index in [1.165, 1.54) is 49.9 Å². The van der Waals surface area contributed by atoms with E-state index in [2.05, 4.69) is 159 Å². The van der Waals surface area contributed by atoms with Gasteiger partial charge in [-0.05, 0) is 69.4 Å². The minimum atomic E-state index is 0.711. The van der Waals surface area contributed by atoms with E-state index in [9.17, 15) is 0 Å². The van der Waals surface area contributed by atoms with E-state index < -0.39 is 0 Å². The third kappa shape index (κ3) is 3.74. The smallest absolute Gasteiger partial charge is 0.120 e. The van der Waals surface area contributed by atoms with Crippen LogP contribution in [0.3, 0.4) is 0 Å². The first-order chi connectivity index (χ1) is 21.8. The molecule has 5 aromatic carbocycles. The Balaban J connectivity index is 1.21. The highest BCUT2D eigenvalue weighted by Crippen LogP contribution is 2.51. The highest BCUT2D eigenvalue weighted by Gasteiger charge is 2.33. The van der Waals surface area contributed by atoms with Gasteiger partial charge in [-0.2, -0.15) is 0 Å². The summed E-state index contributed by atoms with van der Waals surface area (Å²) in [6, 6.07) is 47.8. The van der Waals surface area contributed by atoms with Crippen LogP contribution < -0.4 is 10.2 Å². The number of rotatable bonds is 3. The Bertz CT molecular complexity index is 2220. The maximum atomic E-state index is 4.55. The molecule has 0 saturated heterocycles. The van der Waals surface area contributed by atoms with E-state index in [0.29, 0.717) is 6.54 Å². The molecule has 44 heavy (non-hydrogen) atoms. The molecule has 208 valence electrons. The van der Waals surface area contributed by atoms with Crippen molar-refractivity contribution >= 4 is 39.2 Å². The molecule has 2 aliphatic rings. The number of anilines is 3. The zero-order valence-corrected chi connectivity index (χ0v) is 24.0. The fraction of sp³-hybridized carbons (Fsp3) is 0.0250. The van der Waals surface area contributed by atoms with Crippen molar-refractivity contribution < 1.29 is 0 Å². The highest BCUT2D eigenvalue weighted by molar-refractivity contribution is 6.12. The van der Waals surface area contributed by atoms with Gasteiger partial charge < -0.3 is 14.8 Å². The van der Waals surface area contributed by atoms with Crippen molar-refractivity contribution in [3.05, 3.63) is 163 Å². The summed E-state index contributed by atoms with van der Waals surface area (Å²) in [5.41, 5.74) is 13.1. The topological polar surface area (TPSA) is 33.1 Å². The predicted molar refractivity (Wildman–Crippen MR) is 182 cm³/mol. The molecule has 0 fully saturated rings. The molecule has 2 aromatic heterocycles. The summed E-state index contributed by atoms with van der Waals surface area (Å²) in [7, 11) is 0. The van der Waals surface area contributed by atoms with Crippen molar-refractivity contribution in [3.63, 3.8) is 0 Å². The Hall–Kier alpha value is -5.87. The van der Waals surface area contributed by atoms with Crippen molar-refractivity contribution in [2.24, 2.45) is 0 Å². The zero-order valence-electron chi connectivity index (χ0n) is 24.0. The second-order valence-electron chi connectivity index (χ2n) is 11.3. The largest absolute Gasteiger partial charge is 0.366 e. The normalized spacial score (nSPS) is 13.4. The fourth-order valence-corrected chi connectivity index (χ4v) is 6.93. The second-order valence-corrected chi connectivity index (χ2v) is 11.3. The second kappa shape index (κ2) is 9.85. The SMILES string of the molecule is c1ccc(N2C3=C(CNc4c3ccn4-c3ccc(-c4cccc5ccccc45)cc3)c3ccccc3-c3cnccc32)cc1. The molecule has 0 bridgehead atoms. The Labute approximate surface area is 256 Å². The predicted octanol–water partition coefficient (Wildman–Crippen LogP) is 9.80. The first-order valence-electron chi connectivity index (χ1n) is 15.0. The van der Waals surface area contributed by atoms with Crippen LogP contribution in [-0.2, 0) is 0 Å². The molecule has 2 aliphatic heterocycles. The van der Waals surface area contributed by atoms with Gasteiger partial charge in [0.2, 0.25) is 0 Å². The molecule has 0 saturated carbocycles. The highest BCUT2D eigenvalue weighted by atomic mass is 15.2. The number of hydrogen-bond donors (Lipinski definition) is 1. The fourth-order valence-electron chi connectivity index (χ4n) is 6.93. The molecule has 0 unspecified atom stereocenters. The van der Waals surface area contributed by atoms with Crippen molar-refractivity contribution in [1.82, 2.24) is 9.55 Å². The van der Waals surface area contributed by atoms with Crippen molar-refractivity contribution in [2.45, 2.75) is 0 Å². The number of para-hydroxylation sites is 1. The monoisotopic (exact) mass is 564 g/mol. The van der Waals surface area contributed by atoms with E-state index in [-0.39, 0.29) is 0 Å². The lowest BCUT2D eigenvalue weighted by molar-refractivity contribution is 1.06. The Morgan fingerprint density at radius 3 is 2.20 bits per heavy atom. The summed E-state index contributed by atoms with van der Waals surface area (Å²) in [6.45, 7) is 0.711. The Morgan fingerprint density at radius 1 is 0.568 bits per heavy atom. The minimum Gasteiger partial charge on any atom is -0.366 e. The van der Waals surface area contributed by atoms with Gasteiger partial charge in [0.05, 0.1) is 11.4 Å². The van der Waals surface area contributed by atoms with Gasteiger partial charge in [0, 0.05) is 53.2 Å². The summed E-state index contributed by atoms with van der Waals surface area (Å²) < 4.78 is 2.28. The van der Waals surface area contributed by atoms with Gasteiger partial charge in [0.1, 0.15) is 5.82 Å². The van der Waals surface area contributed by atoms with Crippen molar-refractivity contribution in [2.75, 3.05) is 16.8 Å². The molecule has 4 heterocycles. The molecular weight excluding hydrogens is 536 g/mol. The summed E-state index contributed by atoms with van der Waals surface area (Å²) in [5.74, 6) is 1.09. The molecule has 0 radical (unpaired) electrons. The van der Waals surface area contributed by atoms with Crippen LogP contribution in [0.25, 0.3) is 50.0 Å². The number of aromatic nitrogens is 2. The summed E-state index contributed by atoms with van der Waals surface area (Å²) in [5, 5.41) is 6.34. The maximum absolute atomic E-state index is 4.55.